The van der Waals surface area contributed by atoms with Crippen LogP contribution in [0, 0.1) is 25.5 Å². The number of anilines is 2. The second-order valence-electron chi connectivity index (χ2n) is 4.84. The number of nitrogens with two attached hydrogens (primary N) is 2. The van der Waals surface area contributed by atoms with Crippen LogP contribution in [0.25, 0.3) is 10.2 Å². The third-order valence-corrected chi connectivity index (χ3v) is 3.60. The van der Waals surface area contributed by atoms with Gasteiger partial charge in [-0.05, 0) is 49.2 Å². The molecule has 142 valence electrons. The van der Waals surface area contributed by atoms with E-state index in [1.54, 1.807) is 12.1 Å². The molecule has 0 saturated carbocycles. The molecule has 0 aliphatic heterocycles. The minimum atomic E-state index is -0.338. The van der Waals surface area contributed by atoms with Crippen molar-refractivity contribution in [2.24, 2.45) is 0 Å². The first kappa shape index (κ1) is 23.5. The van der Waals surface area contributed by atoms with Crippen molar-refractivity contribution in [1.82, 2.24) is 4.98 Å². The van der Waals surface area contributed by atoms with Crippen LogP contribution in [0.15, 0.2) is 30.3 Å². The van der Waals surface area contributed by atoms with Gasteiger partial charge >= 0.3 is 12.3 Å². The molecule has 3 aromatic rings. The molecule has 0 atom stereocenters. The Balaban J connectivity index is 0.000000399. The van der Waals surface area contributed by atoms with Crippen LogP contribution in [-0.4, -0.2) is 17.3 Å². The second kappa shape index (κ2) is 12.0. The van der Waals surface area contributed by atoms with Crippen molar-refractivity contribution in [2.75, 3.05) is 11.5 Å². The van der Waals surface area contributed by atoms with Gasteiger partial charge in [-0.3, -0.25) is 0 Å². The number of benzene rings is 2. The van der Waals surface area contributed by atoms with Crippen LogP contribution >= 0.6 is 11.3 Å². The van der Waals surface area contributed by atoms with E-state index in [1.807, 2.05) is 19.9 Å². The number of fused-ring (bicyclic) bond motifs is 1. The van der Waals surface area contributed by atoms with Gasteiger partial charge < -0.3 is 11.5 Å². The maximum absolute atomic E-state index is 13.1. The van der Waals surface area contributed by atoms with E-state index in [0.717, 1.165) is 15.8 Å². The number of halogens is 2. The van der Waals surface area contributed by atoms with Gasteiger partial charge in [0.1, 0.15) is 11.3 Å². The quantitative estimate of drug-likeness (QED) is 0.559. The number of nitrogens with zero attached hydrogens (tertiary/aromatic N) is 1. The van der Waals surface area contributed by atoms with Crippen LogP contribution in [0.5, 0.6) is 0 Å². The molecule has 0 spiro atoms. The summed E-state index contributed by atoms with van der Waals surface area (Å²) < 4.78 is 26.4. The monoisotopic (exact) mass is 395 g/mol. The lowest BCUT2D eigenvalue weighted by Crippen LogP contribution is -1.89. The predicted molar refractivity (Wildman–Crippen MR) is 94.3 cm³/mol. The van der Waals surface area contributed by atoms with Crippen LogP contribution < -0.4 is 11.5 Å². The average Bonchev–Trinajstić information content (AvgIpc) is 2.94. The first-order chi connectivity index (χ1) is 12.7. The minimum Gasteiger partial charge on any atom is -0.396 e. The van der Waals surface area contributed by atoms with Gasteiger partial charge in [0.15, 0.2) is 10.9 Å². The number of rotatable bonds is 0. The van der Waals surface area contributed by atoms with E-state index >= 15 is 0 Å². The smallest absolute Gasteiger partial charge is 0.373 e. The molecule has 0 aliphatic carbocycles. The lowest BCUT2D eigenvalue weighted by Gasteiger charge is -1.94. The van der Waals surface area contributed by atoms with E-state index in [0.29, 0.717) is 10.6 Å². The van der Waals surface area contributed by atoms with Crippen LogP contribution in [0.1, 0.15) is 11.1 Å². The number of nitrogen functional groups attached to an aromatic ring is 2. The van der Waals surface area contributed by atoms with Gasteiger partial charge in [-0.15, -0.1) is 0 Å². The summed E-state index contributed by atoms with van der Waals surface area (Å²) in [7, 11) is 0. The van der Waals surface area contributed by atoms with Gasteiger partial charge in [0.05, 0.1) is 10.4 Å². The highest BCUT2D eigenvalue weighted by molar-refractivity contribution is 7.22. The Hall–Kier alpha value is -3.45. The van der Waals surface area contributed by atoms with Gasteiger partial charge in [0, 0.05) is 0 Å². The third kappa shape index (κ3) is 8.46. The minimum absolute atomic E-state index is 0.209. The van der Waals surface area contributed by atoms with Crippen LogP contribution in [0.3, 0.4) is 0 Å². The first-order valence-corrected chi connectivity index (χ1v) is 7.84. The van der Waals surface area contributed by atoms with Crippen LogP contribution in [-0.2, 0) is 19.2 Å². The highest BCUT2D eigenvalue weighted by Crippen LogP contribution is 2.26. The van der Waals surface area contributed by atoms with E-state index in [1.165, 1.54) is 23.5 Å². The van der Waals surface area contributed by atoms with Crippen molar-refractivity contribution in [3.8, 4) is 0 Å². The Morgan fingerprint density at radius 1 is 0.889 bits per heavy atom. The molecule has 7 nitrogen and oxygen atoms in total. The zero-order valence-electron chi connectivity index (χ0n) is 14.3. The number of hydrogen-bond donors (Lipinski definition) is 2. The Labute approximate surface area is 156 Å². The number of hydrogen-bond acceptors (Lipinski definition) is 8. The fraction of sp³-hybridized carbons (Fsp3) is 0.118. The third-order valence-electron chi connectivity index (χ3n) is 2.77. The molecule has 1 aromatic heterocycles. The fourth-order valence-electron chi connectivity index (χ4n) is 1.77. The molecule has 0 fully saturated rings. The number of carbonyl (C=O) groups excluding carboxylic acids is 4. The molecule has 3 rings (SSSR count). The predicted octanol–water partition coefficient (Wildman–Crippen LogP) is 2.88. The van der Waals surface area contributed by atoms with Crippen molar-refractivity contribution >= 4 is 44.7 Å². The molecule has 0 aliphatic rings. The lowest BCUT2D eigenvalue weighted by molar-refractivity contribution is -0.193. The van der Waals surface area contributed by atoms with Gasteiger partial charge in [-0.2, -0.15) is 19.2 Å². The first-order valence-electron chi connectivity index (χ1n) is 7.02. The molecular formula is C17H15F2N3O4S. The summed E-state index contributed by atoms with van der Waals surface area (Å²) in [5.41, 5.74) is 13.0. The Morgan fingerprint density at radius 2 is 1.41 bits per heavy atom. The molecule has 0 unspecified atom stereocenters. The summed E-state index contributed by atoms with van der Waals surface area (Å²) in [5, 5.41) is 0.412. The van der Waals surface area contributed by atoms with E-state index < -0.39 is 0 Å². The summed E-state index contributed by atoms with van der Waals surface area (Å²) in [6.45, 7) is 3.67. The molecule has 0 radical (unpaired) electrons. The summed E-state index contributed by atoms with van der Waals surface area (Å²) in [6, 6.07) is 8.09. The maximum Gasteiger partial charge on any atom is 0.373 e. The van der Waals surface area contributed by atoms with E-state index in [2.05, 4.69) is 4.98 Å². The highest BCUT2D eigenvalue weighted by atomic mass is 32.1. The Bertz CT molecular complexity index is 952. The van der Waals surface area contributed by atoms with Gasteiger partial charge in [-0.1, -0.05) is 17.4 Å². The largest absolute Gasteiger partial charge is 0.396 e. The van der Waals surface area contributed by atoms with E-state index in [4.69, 9.17) is 30.6 Å². The fourth-order valence-corrected chi connectivity index (χ4v) is 2.61. The Kier molecular flexibility index (Phi) is 10.5. The maximum atomic E-state index is 13.1. The zero-order valence-corrected chi connectivity index (χ0v) is 15.1. The van der Waals surface area contributed by atoms with Crippen molar-refractivity contribution in [3.63, 3.8) is 0 Å². The van der Waals surface area contributed by atoms with E-state index in [9.17, 15) is 8.78 Å². The summed E-state index contributed by atoms with van der Waals surface area (Å²) in [6.07, 6.45) is 0.500. The standard InChI is InChI=1S/C8H7FN2S.C7H8FN.2CO2/c1-4-2-5(9)7-6(3-4)12-8(10)11-7;1-5-2-3-7(9)6(8)4-5;2*2-1-3/h2-3H,1H3,(H2,10,11);2-4H,9H2,1H3;;. The molecule has 10 heteroatoms. The molecule has 4 N–H and O–H groups in total. The zero-order chi connectivity index (χ0) is 21.0. The summed E-state index contributed by atoms with van der Waals surface area (Å²) in [5.74, 6) is -0.632. The summed E-state index contributed by atoms with van der Waals surface area (Å²) in [4.78, 5) is 36.4. The highest BCUT2D eigenvalue weighted by Gasteiger charge is 2.06. The van der Waals surface area contributed by atoms with Crippen molar-refractivity contribution in [1.29, 1.82) is 0 Å². The molecule has 1 heterocycles. The van der Waals surface area contributed by atoms with Gasteiger partial charge in [0.25, 0.3) is 0 Å². The average molecular weight is 395 g/mol. The molecular weight excluding hydrogens is 380 g/mol. The molecule has 0 bridgehead atoms. The van der Waals surface area contributed by atoms with Crippen LogP contribution in [0.4, 0.5) is 19.6 Å². The van der Waals surface area contributed by atoms with Crippen molar-refractivity contribution in [2.45, 2.75) is 13.8 Å². The summed E-state index contributed by atoms with van der Waals surface area (Å²) >= 11 is 1.31. The van der Waals surface area contributed by atoms with Crippen molar-refractivity contribution in [3.05, 3.63) is 53.1 Å². The van der Waals surface area contributed by atoms with Gasteiger partial charge in [-0.25, -0.2) is 13.8 Å². The Morgan fingerprint density at radius 3 is 1.89 bits per heavy atom. The molecule has 0 saturated heterocycles. The topological polar surface area (TPSA) is 133 Å². The van der Waals surface area contributed by atoms with Gasteiger partial charge in [0.2, 0.25) is 0 Å². The SMILES string of the molecule is Cc1cc(F)c2nc(N)sc2c1.Cc1ccc(N)c(F)c1.O=C=O.O=C=O. The van der Waals surface area contributed by atoms with Crippen molar-refractivity contribution < 1.29 is 28.0 Å². The molecule has 27 heavy (non-hydrogen) atoms. The normalized spacial score (nSPS) is 8.59. The molecule has 2 aromatic carbocycles. The second-order valence-corrected chi connectivity index (χ2v) is 5.90. The number of aryl methyl sites for hydroxylation is 2. The van der Waals surface area contributed by atoms with E-state index in [-0.39, 0.29) is 29.6 Å². The number of thiazole rings is 1. The molecule has 0 amide bonds. The lowest BCUT2D eigenvalue weighted by atomic mass is 10.2. The number of aromatic nitrogens is 1. The van der Waals surface area contributed by atoms with Crippen LogP contribution in [0.2, 0.25) is 0 Å².